The van der Waals surface area contributed by atoms with Crippen molar-refractivity contribution in [1.29, 1.82) is 0 Å². The Labute approximate surface area is 114 Å². The van der Waals surface area contributed by atoms with Gasteiger partial charge in [-0.25, -0.2) is 0 Å². The van der Waals surface area contributed by atoms with Crippen molar-refractivity contribution in [2.45, 2.75) is 38.6 Å². The molecule has 1 aliphatic carbocycles. The Morgan fingerprint density at radius 1 is 1.26 bits per heavy atom. The number of hydrogen-bond acceptors (Lipinski definition) is 4. The van der Waals surface area contributed by atoms with Crippen LogP contribution in [0, 0.1) is 5.92 Å². The molecule has 5 nitrogen and oxygen atoms in total. The van der Waals surface area contributed by atoms with Crippen molar-refractivity contribution < 1.29 is 4.79 Å². The molecule has 1 N–H and O–H groups in total. The van der Waals surface area contributed by atoms with Crippen LogP contribution in [0.1, 0.15) is 43.1 Å². The molecule has 2 rings (SSSR count). The third kappa shape index (κ3) is 3.43. The van der Waals surface area contributed by atoms with Gasteiger partial charge in [0.1, 0.15) is 0 Å². The Morgan fingerprint density at radius 3 is 2.58 bits per heavy atom. The van der Waals surface area contributed by atoms with Crippen LogP contribution in [-0.4, -0.2) is 36.2 Å². The Morgan fingerprint density at radius 2 is 2.00 bits per heavy atom. The fraction of sp³-hybridized carbons (Fsp3) is 0.643. The molecule has 1 heterocycles. The lowest BCUT2D eigenvalue weighted by Crippen LogP contribution is -2.41. The van der Waals surface area contributed by atoms with Gasteiger partial charge < -0.3 is 10.2 Å². The van der Waals surface area contributed by atoms with Crippen LogP contribution in [0.15, 0.2) is 12.1 Å². The molecule has 0 aromatic carbocycles. The molecule has 1 fully saturated rings. The Hall–Kier alpha value is -1.65. The minimum Gasteiger partial charge on any atom is -0.361 e. The van der Waals surface area contributed by atoms with E-state index in [4.69, 9.17) is 0 Å². The molecule has 104 valence electrons. The molecule has 0 radical (unpaired) electrons. The van der Waals surface area contributed by atoms with Crippen molar-refractivity contribution in [1.82, 2.24) is 15.5 Å². The zero-order chi connectivity index (χ0) is 13.8. The first-order valence-corrected chi connectivity index (χ1v) is 6.90. The molecular weight excluding hydrogens is 240 g/mol. The molecule has 0 bridgehead atoms. The Bertz CT molecular complexity index is 430. The molecule has 0 unspecified atom stereocenters. The number of amides is 1. The number of carbonyl (C=O) groups is 1. The van der Waals surface area contributed by atoms with Gasteiger partial charge in [-0.05, 0) is 30.9 Å². The van der Waals surface area contributed by atoms with Crippen LogP contribution in [0.5, 0.6) is 0 Å². The molecule has 0 saturated heterocycles. The summed E-state index contributed by atoms with van der Waals surface area (Å²) in [6.45, 7) is 2.20. The van der Waals surface area contributed by atoms with Crippen molar-refractivity contribution in [2.24, 2.45) is 5.92 Å². The summed E-state index contributed by atoms with van der Waals surface area (Å²) in [7, 11) is 3.79. The van der Waals surface area contributed by atoms with Gasteiger partial charge in [-0.3, -0.25) is 4.79 Å². The minimum atomic E-state index is -0.114. The van der Waals surface area contributed by atoms with E-state index in [0.717, 1.165) is 12.2 Å². The molecular formula is C14H22N4O. The van der Waals surface area contributed by atoms with Crippen molar-refractivity contribution >= 4 is 11.7 Å². The second-order valence-corrected chi connectivity index (χ2v) is 5.51. The van der Waals surface area contributed by atoms with Crippen LogP contribution >= 0.6 is 0 Å². The van der Waals surface area contributed by atoms with E-state index in [9.17, 15) is 4.79 Å². The summed E-state index contributed by atoms with van der Waals surface area (Å²) in [5.41, 5.74) is 0.392. The zero-order valence-electron chi connectivity index (χ0n) is 11.9. The van der Waals surface area contributed by atoms with Crippen LogP contribution in [0.25, 0.3) is 0 Å². The van der Waals surface area contributed by atoms with Gasteiger partial charge in [0.05, 0.1) is 0 Å². The van der Waals surface area contributed by atoms with Crippen molar-refractivity contribution in [3.8, 4) is 0 Å². The molecule has 1 amide bonds. The first kappa shape index (κ1) is 13.8. The number of anilines is 1. The van der Waals surface area contributed by atoms with Gasteiger partial charge >= 0.3 is 0 Å². The van der Waals surface area contributed by atoms with Gasteiger partial charge in [0.15, 0.2) is 11.5 Å². The highest BCUT2D eigenvalue weighted by Gasteiger charge is 2.23. The molecule has 1 aromatic heterocycles. The number of aromatic nitrogens is 2. The van der Waals surface area contributed by atoms with Crippen LogP contribution in [0.2, 0.25) is 0 Å². The van der Waals surface area contributed by atoms with Crippen LogP contribution in [0.4, 0.5) is 5.82 Å². The second kappa shape index (κ2) is 5.99. The predicted molar refractivity (Wildman–Crippen MR) is 75.2 cm³/mol. The van der Waals surface area contributed by atoms with E-state index in [0.29, 0.717) is 11.6 Å². The minimum absolute atomic E-state index is 0.114. The fourth-order valence-corrected chi connectivity index (χ4v) is 2.46. The maximum absolute atomic E-state index is 12.1. The smallest absolute Gasteiger partial charge is 0.272 e. The molecule has 1 saturated carbocycles. The molecule has 19 heavy (non-hydrogen) atoms. The third-order valence-corrected chi connectivity index (χ3v) is 3.77. The number of nitrogens with one attached hydrogen (secondary N) is 1. The summed E-state index contributed by atoms with van der Waals surface area (Å²) in [4.78, 5) is 14.0. The van der Waals surface area contributed by atoms with Gasteiger partial charge in [-0.2, -0.15) is 0 Å². The Balaban J connectivity index is 1.99. The normalized spacial score (nSPS) is 22.9. The first-order chi connectivity index (χ1) is 9.08. The predicted octanol–water partition coefficient (Wildman–Crippen LogP) is 1.85. The van der Waals surface area contributed by atoms with E-state index in [1.54, 1.807) is 6.07 Å². The van der Waals surface area contributed by atoms with Gasteiger partial charge in [0, 0.05) is 20.1 Å². The van der Waals surface area contributed by atoms with Crippen LogP contribution in [0.3, 0.4) is 0 Å². The van der Waals surface area contributed by atoms with E-state index in [2.05, 4.69) is 22.4 Å². The zero-order valence-corrected chi connectivity index (χ0v) is 11.9. The van der Waals surface area contributed by atoms with Crippen molar-refractivity contribution in [3.63, 3.8) is 0 Å². The van der Waals surface area contributed by atoms with E-state index >= 15 is 0 Å². The maximum Gasteiger partial charge on any atom is 0.272 e. The molecule has 0 aliphatic heterocycles. The van der Waals surface area contributed by atoms with E-state index in [1.165, 1.54) is 19.3 Å². The Kier molecular flexibility index (Phi) is 4.35. The summed E-state index contributed by atoms with van der Waals surface area (Å²) < 4.78 is 0. The maximum atomic E-state index is 12.1. The second-order valence-electron chi connectivity index (χ2n) is 5.51. The number of hydrogen-bond donors (Lipinski definition) is 1. The van der Waals surface area contributed by atoms with Gasteiger partial charge in [0.2, 0.25) is 0 Å². The lowest BCUT2D eigenvalue weighted by Gasteiger charge is -2.29. The van der Waals surface area contributed by atoms with Crippen molar-refractivity contribution in [2.75, 3.05) is 19.0 Å². The summed E-state index contributed by atoms with van der Waals surface area (Å²) in [6, 6.07) is 3.81. The summed E-state index contributed by atoms with van der Waals surface area (Å²) in [5.74, 6) is 1.19. The lowest BCUT2D eigenvalue weighted by atomic mass is 9.86. The fourth-order valence-electron chi connectivity index (χ4n) is 2.46. The van der Waals surface area contributed by atoms with Gasteiger partial charge in [-0.1, -0.05) is 19.8 Å². The van der Waals surface area contributed by atoms with Gasteiger partial charge in [-0.15, -0.1) is 10.2 Å². The average Bonchev–Trinajstić information content (AvgIpc) is 2.41. The quantitative estimate of drug-likeness (QED) is 0.903. The largest absolute Gasteiger partial charge is 0.361 e. The summed E-state index contributed by atoms with van der Waals surface area (Å²) >= 11 is 0. The third-order valence-electron chi connectivity index (χ3n) is 3.77. The van der Waals surface area contributed by atoms with E-state index in [-0.39, 0.29) is 11.9 Å². The number of carbonyl (C=O) groups excluding carboxylic acids is 1. The molecule has 5 heteroatoms. The standard InChI is InChI=1S/C14H22N4O/c1-10-6-4-5-7-11(10)15-14(19)12-8-9-13(17-16-12)18(2)3/h8-11H,4-7H2,1-3H3,(H,15,19)/t10-,11-/m0/s1. The number of nitrogens with zero attached hydrogens (tertiary/aromatic N) is 3. The molecule has 1 aliphatic rings. The summed E-state index contributed by atoms with van der Waals surface area (Å²) in [5, 5.41) is 11.1. The monoisotopic (exact) mass is 262 g/mol. The highest BCUT2D eigenvalue weighted by atomic mass is 16.2. The number of rotatable bonds is 3. The molecule has 2 atom stereocenters. The van der Waals surface area contributed by atoms with Crippen LogP contribution in [-0.2, 0) is 0 Å². The molecule has 1 aromatic rings. The van der Waals surface area contributed by atoms with Gasteiger partial charge in [0.25, 0.3) is 5.91 Å². The highest BCUT2D eigenvalue weighted by molar-refractivity contribution is 5.92. The van der Waals surface area contributed by atoms with Crippen LogP contribution < -0.4 is 10.2 Å². The van der Waals surface area contributed by atoms with Crippen molar-refractivity contribution in [3.05, 3.63) is 17.8 Å². The summed E-state index contributed by atoms with van der Waals surface area (Å²) in [6.07, 6.45) is 4.72. The SMILES string of the molecule is C[C@H]1CCCC[C@@H]1NC(=O)c1ccc(N(C)C)nn1. The lowest BCUT2D eigenvalue weighted by molar-refractivity contribution is 0.0904. The van der Waals surface area contributed by atoms with E-state index in [1.807, 2.05) is 25.1 Å². The first-order valence-electron chi connectivity index (χ1n) is 6.90. The average molecular weight is 262 g/mol. The van der Waals surface area contributed by atoms with E-state index < -0.39 is 0 Å². The molecule has 0 spiro atoms. The highest BCUT2D eigenvalue weighted by Crippen LogP contribution is 2.23. The topological polar surface area (TPSA) is 58.1 Å².